The van der Waals surface area contributed by atoms with Gasteiger partial charge in [-0.25, -0.2) is 9.59 Å². The third-order valence-electron chi connectivity index (χ3n) is 6.07. The highest BCUT2D eigenvalue weighted by Crippen LogP contribution is 2.43. The van der Waals surface area contributed by atoms with E-state index in [1.165, 1.54) is 0 Å². The van der Waals surface area contributed by atoms with Crippen molar-refractivity contribution >= 4 is 40.0 Å². The van der Waals surface area contributed by atoms with Gasteiger partial charge in [0.1, 0.15) is 45.4 Å². The summed E-state index contributed by atoms with van der Waals surface area (Å²) in [5.41, 5.74) is 1.64. The molecule has 3 aromatic heterocycles. The number of aromatic nitrogens is 2. The van der Waals surface area contributed by atoms with Crippen LogP contribution in [-0.4, -0.2) is 40.0 Å². The first-order chi connectivity index (χ1) is 18.6. The molecule has 10 heteroatoms. The predicted octanol–water partition coefficient (Wildman–Crippen LogP) is 7.25. The second-order valence-corrected chi connectivity index (χ2v) is 11.6. The number of benzene rings is 1. The summed E-state index contributed by atoms with van der Waals surface area (Å²) in [7, 11) is 1.56. The van der Waals surface area contributed by atoms with Crippen LogP contribution in [-0.2, 0) is 9.47 Å². The van der Waals surface area contributed by atoms with Gasteiger partial charge in [0.05, 0.1) is 12.8 Å². The molecule has 0 unspecified atom stereocenters. The van der Waals surface area contributed by atoms with E-state index < -0.39 is 23.4 Å². The van der Waals surface area contributed by atoms with Gasteiger partial charge < -0.3 is 18.6 Å². The summed E-state index contributed by atoms with van der Waals surface area (Å²) in [6, 6.07) is 7.67. The number of anilines is 1. The number of pyridine rings is 1. The van der Waals surface area contributed by atoms with Crippen LogP contribution in [0.4, 0.5) is 15.4 Å². The highest BCUT2D eigenvalue weighted by Gasteiger charge is 2.39. The maximum absolute atomic E-state index is 13.8. The number of carbonyl (C=O) groups excluding carboxylic acids is 2. The standard InChI is InChI=1S/C30H34N4O6/c1-16-11-12-22(37-10)18(3)23(16)33-24-20(15-32-21-13-17(2)38-25(21)24)19(14-31)26(33)34(27(35)39-29(4,5)6)28(36)40-30(7,8)9/h11-13,15H,1-10H3. The number of fused-ring (bicyclic) bond motifs is 3. The molecule has 1 aromatic carbocycles. The maximum atomic E-state index is 13.8. The molecule has 0 saturated heterocycles. The van der Waals surface area contributed by atoms with Gasteiger partial charge in [0.25, 0.3) is 0 Å². The number of carbonyl (C=O) groups is 2. The zero-order chi connectivity index (χ0) is 29.7. The molecule has 0 bridgehead atoms. The van der Waals surface area contributed by atoms with Gasteiger partial charge in [-0.1, -0.05) is 6.07 Å². The maximum Gasteiger partial charge on any atom is 0.425 e. The van der Waals surface area contributed by atoms with Crippen LogP contribution in [0.2, 0.25) is 0 Å². The smallest absolute Gasteiger partial charge is 0.425 e. The molecule has 2 amide bonds. The fourth-order valence-electron chi connectivity index (χ4n) is 4.61. The number of imide groups is 1. The van der Waals surface area contributed by atoms with Crippen LogP contribution in [0.25, 0.3) is 27.7 Å². The van der Waals surface area contributed by atoms with Gasteiger partial charge in [0, 0.05) is 23.2 Å². The average molecular weight is 547 g/mol. The van der Waals surface area contributed by atoms with Crippen molar-refractivity contribution in [1.29, 1.82) is 5.26 Å². The summed E-state index contributed by atoms with van der Waals surface area (Å²) in [6.07, 6.45) is -0.459. The lowest BCUT2D eigenvalue weighted by atomic mass is 10.1. The first-order valence-corrected chi connectivity index (χ1v) is 12.8. The fraction of sp³-hybridized carbons (Fsp3) is 0.400. The number of ether oxygens (including phenoxy) is 3. The van der Waals surface area contributed by atoms with Crippen molar-refractivity contribution in [2.24, 2.45) is 0 Å². The topological polar surface area (TPSA) is 120 Å². The van der Waals surface area contributed by atoms with Gasteiger partial charge in [-0.05, 0) is 73.9 Å². The van der Waals surface area contributed by atoms with Gasteiger partial charge in [0.2, 0.25) is 0 Å². The molecular formula is C30H34N4O6. The molecule has 0 aliphatic heterocycles. The number of furan rings is 1. The molecule has 210 valence electrons. The van der Waals surface area contributed by atoms with Crippen LogP contribution in [0.5, 0.6) is 5.75 Å². The lowest BCUT2D eigenvalue weighted by molar-refractivity contribution is 0.0428. The Morgan fingerprint density at radius 2 is 1.62 bits per heavy atom. The Labute approximate surface area is 233 Å². The second kappa shape index (κ2) is 9.90. The number of amides is 2. The summed E-state index contributed by atoms with van der Waals surface area (Å²) in [5, 5.41) is 10.9. The molecule has 40 heavy (non-hydrogen) atoms. The number of rotatable bonds is 3. The number of nitriles is 1. The summed E-state index contributed by atoms with van der Waals surface area (Å²) < 4.78 is 24.7. The Kier molecular flexibility index (Phi) is 7.05. The largest absolute Gasteiger partial charge is 0.496 e. The molecular weight excluding hydrogens is 512 g/mol. The van der Waals surface area contributed by atoms with Crippen molar-refractivity contribution in [1.82, 2.24) is 9.55 Å². The SMILES string of the molecule is COc1ccc(C)c(-n2c(N(C(=O)OC(C)(C)C)C(=O)OC(C)(C)C)c(C#N)c3cnc4cc(C)oc4c32)c1C. The Morgan fingerprint density at radius 1 is 1.02 bits per heavy atom. The molecule has 0 fully saturated rings. The molecule has 4 rings (SSSR count). The van der Waals surface area contributed by atoms with E-state index in [0.717, 1.165) is 10.5 Å². The minimum atomic E-state index is -1.000. The summed E-state index contributed by atoms with van der Waals surface area (Å²) in [6.45, 7) is 15.7. The number of nitrogens with zero attached hydrogens (tertiary/aromatic N) is 4. The molecule has 10 nitrogen and oxygen atoms in total. The highest BCUT2D eigenvalue weighted by atomic mass is 16.6. The quantitative estimate of drug-likeness (QED) is 0.263. The van der Waals surface area contributed by atoms with E-state index in [1.807, 2.05) is 26.0 Å². The van der Waals surface area contributed by atoms with Crippen molar-refractivity contribution in [3.05, 3.63) is 46.8 Å². The number of aryl methyl sites for hydroxylation is 2. The zero-order valence-electron chi connectivity index (χ0n) is 24.5. The lowest BCUT2D eigenvalue weighted by Crippen LogP contribution is -2.45. The molecule has 0 N–H and O–H groups in total. The number of hydrogen-bond donors (Lipinski definition) is 0. The Bertz CT molecular complexity index is 1660. The minimum Gasteiger partial charge on any atom is -0.496 e. The fourth-order valence-corrected chi connectivity index (χ4v) is 4.61. The second-order valence-electron chi connectivity index (χ2n) is 11.6. The van der Waals surface area contributed by atoms with Crippen LogP contribution in [0.15, 0.2) is 28.8 Å². The molecule has 0 atom stereocenters. The van der Waals surface area contributed by atoms with E-state index in [0.29, 0.717) is 44.8 Å². The summed E-state index contributed by atoms with van der Waals surface area (Å²) in [5.74, 6) is 1.13. The number of methoxy groups -OCH3 is 1. The van der Waals surface area contributed by atoms with Crippen molar-refractivity contribution in [3.63, 3.8) is 0 Å². The average Bonchev–Trinajstić information content (AvgIpc) is 3.34. The van der Waals surface area contributed by atoms with Gasteiger partial charge in [0.15, 0.2) is 11.4 Å². The van der Waals surface area contributed by atoms with E-state index >= 15 is 0 Å². The molecule has 0 radical (unpaired) electrons. The third-order valence-corrected chi connectivity index (χ3v) is 6.07. The zero-order valence-corrected chi connectivity index (χ0v) is 24.5. The van der Waals surface area contributed by atoms with Crippen LogP contribution in [0.1, 0.15) is 64.0 Å². The third kappa shape index (κ3) is 5.07. The first kappa shape index (κ1) is 28.5. The predicted molar refractivity (Wildman–Crippen MR) is 151 cm³/mol. The Hall–Kier alpha value is -4.52. The van der Waals surface area contributed by atoms with Gasteiger partial charge in [-0.15, -0.1) is 0 Å². The summed E-state index contributed by atoms with van der Waals surface area (Å²) >= 11 is 0. The van der Waals surface area contributed by atoms with E-state index in [1.54, 1.807) is 72.4 Å². The minimum absolute atomic E-state index is 0.0248. The van der Waals surface area contributed by atoms with E-state index in [4.69, 9.17) is 18.6 Å². The molecule has 0 aliphatic rings. The van der Waals surface area contributed by atoms with E-state index in [-0.39, 0.29) is 11.4 Å². The van der Waals surface area contributed by atoms with Crippen molar-refractivity contribution in [2.75, 3.05) is 12.0 Å². The van der Waals surface area contributed by atoms with Crippen molar-refractivity contribution < 1.29 is 28.2 Å². The van der Waals surface area contributed by atoms with Crippen LogP contribution < -0.4 is 9.64 Å². The van der Waals surface area contributed by atoms with Crippen LogP contribution in [0, 0.1) is 32.1 Å². The first-order valence-electron chi connectivity index (χ1n) is 12.8. The van der Waals surface area contributed by atoms with Gasteiger partial charge in [-0.3, -0.25) is 9.55 Å². The van der Waals surface area contributed by atoms with Crippen LogP contribution in [0.3, 0.4) is 0 Å². The molecule has 4 aromatic rings. The van der Waals surface area contributed by atoms with Crippen molar-refractivity contribution in [2.45, 2.75) is 73.5 Å². The molecule has 0 spiro atoms. The normalized spacial score (nSPS) is 11.9. The molecule has 3 heterocycles. The number of hydrogen-bond acceptors (Lipinski definition) is 8. The molecule has 0 saturated carbocycles. The van der Waals surface area contributed by atoms with E-state index in [9.17, 15) is 14.9 Å². The lowest BCUT2D eigenvalue weighted by Gasteiger charge is -2.30. The Balaban J connectivity index is 2.25. The van der Waals surface area contributed by atoms with Gasteiger partial charge in [-0.2, -0.15) is 10.2 Å². The van der Waals surface area contributed by atoms with Crippen LogP contribution >= 0.6 is 0 Å². The highest BCUT2D eigenvalue weighted by molar-refractivity contribution is 6.15. The van der Waals surface area contributed by atoms with Crippen molar-refractivity contribution in [3.8, 4) is 17.5 Å². The summed E-state index contributed by atoms with van der Waals surface area (Å²) in [4.78, 5) is 32.9. The molecule has 0 aliphatic carbocycles. The van der Waals surface area contributed by atoms with E-state index in [2.05, 4.69) is 11.1 Å². The monoisotopic (exact) mass is 546 g/mol. The Morgan fingerprint density at radius 3 is 2.15 bits per heavy atom. The van der Waals surface area contributed by atoms with Gasteiger partial charge >= 0.3 is 12.2 Å².